The van der Waals surface area contributed by atoms with Gasteiger partial charge in [0.25, 0.3) is 0 Å². The molecule has 0 saturated heterocycles. The van der Waals surface area contributed by atoms with Crippen molar-refractivity contribution >= 4 is 0 Å². The fraction of sp³-hybridized carbons (Fsp3) is 1.00. The van der Waals surface area contributed by atoms with Crippen molar-refractivity contribution in [3.8, 4) is 0 Å². The third-order valence-corrected chi connectivity index (χ3v) is 4.07. The van der Waals surface area contributed by atoms with Crippen LogP contribution in [0.15, 0.2) is 0 Å². The van der Waals surface area contributed by atoms with Crippen molar-refractivity contribution in [1.29, 1.82) is 0 Å². The zero-order valence-corrected chi connectivity index (χ0v) is 7.67. The summed E-state index contributed by atoms with van der Waals surface area (Å²) in [4.78, 5) is 0. The van der Waals surface area contributed by atoms with Crippen molar-refractivity contribution in [2.24, 2.45) is 23.2 Å². The van der Waals surface area contributed by atoms with Gasteiger partial charge in [-0.05, 0) is 36.0 Å². The molecule has 2 aliphatic carbocycles. The summed E-state index contributed by atoms with van der Waals surface area (Å²) in [5.41, 5.74) is 0.547. The molecule has 1 heteroatoms. The van der Waals surface area contributed by atoms with Gasteiger partial charge in [0.2, 0.25) is 0 Å². The lowest BCUT2D eigenvalue weighted by Gasteiger charge is -2.22. The van der Waals surface area contributed by atoms with Gasteiger partial charge in [0.05, 0.1) is 6.10 Å². The molecule has 0 amide bonds. The normalized spacial score (nSPS) is 53.5. The van der Waals surface area contributed by atoms with E-state index in [1.807, 2.05) is 0 Å². The first-order valence-electron chi connectivity index (χ1n) is 4.71. The average Bonchev–Trinajstić information content (AvgIpc) is 2.39. The fourth-order valence-corrected chi connectivity index (χ4v) is 2.84. The molecule has 0 radical (unpaired) electrons. The van der Waals surface area contributed by atoms with Crippen LogP contribution in [0.4, 0.5) is 0 Å². The molecule has 0 aromatic rings. The number of hydrogen-bond donors (Lipinski definition) is 1. The average molecular weight is 154 g/mol. The van der Waals surface area contributed by atoms with Crippen LogP contribution < -0.4 is 0 Å². The molecule has 0 spiro atoms. The summed E-state index contributed by atoms with van der Waals surface area (Å²) in [5, 5.41) is 9.61. The molecule has 4 atom stereocenters. The zero-order chi connectivity index (χ0) is 8.22. The SMILES string of the molecule is C[C@H]1C[C@@H]2[C@H](CC1O)C2(C)C. The Morgan fingerprint density at radius 2 is 1.73 bits per heavy atom. The largest absolute Gasteiger partial charge is 0.393 e. The molecule has 11 heavy (non-hydrogen) atoms. The Hall–Kier alpha value is -0.0400. The molecule has 2 aliphatic rings. The minimum absolute atomic E-state index is 0.0157. The Labute approximate surface area is 68.8 Å². The molecule has 0 aromatic heterocycles. The molecule has 1 N–H and O–H groups in total. The summed E-state index contributed by atoms with van der Waals surface area (Å²) >= 11 is 0. The van der Waals surface area contributed by atoms with E-state index in [9.17, 15) is 5.11 Å². The predicted molar refractivity (Wildman–Crippen MR) is 45.2 cm³/mol. The van der Waals surface area contributed by atoms with Gasteiger partial charge in [-0.25, -0.2) is 0 Å². The fourth-order valence-electron chi connectivity index (χ4n) is 2.84. The minimum atomic E-state index is -0.0157. The molecule has 1 nitrogen and oxygen atoms in total. The van der Waals surface area contributed by atoms with Crippen molar-refractivity contribution in [1.82, 2.24) is 0 Å². The highest BCUT2D eigenvalue weighted by Gasteiger charge is 2.60. The van der Waals surface area contributed by atoms with Crippen LogP contribution in [-0.2, 0) is 0 Å². The second kappa shape index (κ2) is 2.01. The van der Waals surface area contributed by atoms with Gasteiger partial charge in [-0.15, -0.1) is 0 Å². The van der Waals surface area contributed by atoms with Crippen LogP contribution in [-0.4, -0.2) is 11.2 Å². The lowest BCUT2D eigenvalue weighted by molar-refractivity contribution is 0.0745. The Morgan fingerprint density at radius 1 is 1.18 bits per heavy atom. The van der Waals surface area contributed by atoms with E-state index in [1.54, 1.807) is 0 Å². The van der Waals surface area contributed by atoms with E-state index in [0.717, 1.165) is 18.3 Å². The van der Waals surface area contributed by atoms with Crippen molar-refractivity contribution in [2.45, 2.75) is 39.7 Å². The van der Waals surface area contributed by atoms with Crippen molar-refractivity contribution in [3.63, 3.8) is 0 Å². The number of fused-ring (bicyclic) bond motifs is 1. The quantitative estimate of drug-likeness (QED) is 0.566. The van der Waals surface area contributed by atoms with Gasteiger partial charge >= 0.3 is 0 Å². The molecule has 64 valence electrons. The Balaban J connectivity index is 2.07. The molecule has 1 unspecified atom stereocenters. The predicted octanol–water partition coefficient (Wildman–Crippen LogP) is 2.05. The van der Waals surface area contributed by atoms with E-state index in [1.165, 1.54) is 6.42 Å². The summed E-state index contributed by atoms with van der Waals surface area (Å²) in [7, 11) is 0. The van der Waals surface area contributed by atoms with Gasteiger partial charge in [-0.2, -0.15) is 0 Å². The van der Waals surface area contributed by atoms with Crippen LogP contribution in [0.5, 0.6) is 0 Å². The first-order valence-corrected chi connectivity index (χ1v) is 4.71. The van der Waals surface area contributed by atoms with E-state index < -0.39 is 0 Å². The van der Waals surface area contributed by atoms with Gasteiger partial charge in [-0.1, -0.05) is 20.8 Å². The summed E-state index contributed by atoms with van der Waals surface area (Å²) in [6.07, 6.45) is 2.29. The van der Waals surface area contributed by atoms with Crippen LogP contribution in [0, 0.1) is 23.2 Å². The van der Waals surface area contributed by atoms with E-state index in [0.29, 0.717) is 11.3 Å². The number of aliphatic hydroxyl groups excluding tert-OH is 1. The Morgan fingerprint density at radius 3 is 2.27 bits per heavy atom. The van der Waals surface area contributed by atoms with Crippen LogP contribution in [0.2, 0.25) is 0 Å². The van der Waals surface area contributed by atoms with E-state index >= 15 is 0 Å². The van der Waals surface area contributed by atoms with Crippen molar-refractivity contribution in [2.75, 3.05) is 0 Å². The second-order valence-electron chi connectivity index (χ2n) is 5.05. The summed E-state index contributed by atoms with van der Waals surface area (Å²) < 4.78 is 0. The van der Waals surface area contributed by atoms with Crippen LogP contribution in [0.3, 0.4) is 0 Å². The lowest BCUT2D eigenvalue weighted by atomic mass is 9.88. The van der Waals surface area contributed by atoms with E-state index in [-0.39, 0.29) is 6.10 Å². The Kier molecular flexibility index (Phi) is 1.39. The molecule has 2 saturated carbocycles. The molecule has 2 fully saturated rings. The van der Waals surface area contributed by atoms with E-state index in [2.05, 4.69) is 20.8 Å². The highest BCUT2D eigenvalue weighted by molar-refractivity contribution is 5.08. The topological polar surface area (TPSA) is 20.2 Å². The summed E-state index contributed by atoms with van der Waals surface area (Å²) in [6.45, 7) is 6.86. The van der Waals surface area contributed by atoms with Gasteiger partial charge in [-0.3, -0.25) is 0 Å². The van der Waals surface area contributed by atoms with Gasteiger partial charge in [0.15, 0.2) is 0 Å². The summed E-state index contributed by atoms with van der Waals surface area (Å²) in [5.74, 6) is 2.28. The molecule has 2 rings (SSSR count). The lowest BCUT2D eigenvalue weighted by Crippen LogP contribution is -2.22. The van der Waals surface area contributed by atoms with Crippen molar-refractivity contribution < 1.29 is 5.11 Å². The zero-order valence-electron chi connectivity index (χ0n) is 7.67. The number of hydrogen-bond acceptors (Lipinski definition) is 1. The van der Waals surface area contributed by atoms with Gasteiger partial charge in [0, 0.05) is 0 Å². The molecular weight excluding hydrogens is 136 g/mol. The maximum absolute atomic E-state index is 9.61. The maximum atomic E-state index is 9.61. The van der Waals surface area contributed by atoms with Crippen LogP contribution >= 0.6 is 0 Å². The summed E-state index contributed by atoms with van der Waals surface area (Å²) in [6, 6.07) is 0. The number of aliphatic hydroxyl groups is 1. The number of rotatable bonds is 0. The van der Waals surface area contributed by atoms with Gasteiger partial charge in [0.1, 0.15) is 0 Å². The molecule has 0 aliphatic heterocycles. The van der Waals surface area contributed by atoms with E-state index in [4.69, 9.17) is 0 Å². The smallest absolute Gasteiger partial charge is 0.0568 e. The molecule has 0 aromatic carbocycles. The van der Waals surface area contributed by atoms with Crippen molar-refractivity contribution in [3.05, 3.63) is 0 Å². The highest BCUT2D eigenvalue weighted by atomic mass is 16.3. The first kappa shape index (κ1) is 7.60. The molecule has 0 heterocycles. The highest BCUT2D eigenvalue weighted by Crippen LogP contribution is 2.65. The maximum Gasteiger partial charge on any atom is 0.0568 e. The van der Waals surface area contributed by atoms with Gasteiger partial charge < -0.3 is 5.11 Å². The molecule has 0 bridgehead atoms. The third kappa shape index (κ3) is 0.936. The second-order valence-corrected chi connectivity index (χ2v) is 5.05. The standard InChI is InChI=1S/C10H18O/c1-6-4-7-8(5-9(6)11)10(7,2)3/h6-9,11H,4-5H2,1-3H3/t6-,7+,8-,9?/m0/s1. The van der Waals surface area contributed by atoms with Crippen LogP contribution in [0.1, 0.15) is 33.6 Å². The Bertz CT molecular complexity index is 156. The molecular formula is C10H18O. The van der Waals surface area contributed by atoms with Crippen LogP contribution in [0.25, 0.3) is 0 Å². The monoisotopic (exact) mass is 154 g/mol. The first-order chi connectivity index (χ1) is 5.03. The third-order valence-electron chi connectivity index (χ3n) is 4.07. The minimum Gasteiger partial charge on any atom is -0.393 e.